The van der Waals surface area contributed by atoms with Gasteiger partial charge in [0.15, 0.2) is 0 Å². The van der Waals surface area contributed by atoms with Crippen LogP contribution in [0.1, 0.15) is 5.69 Å². The fourth-order valence-electron chi connectivity index (χ4n) is 2.33. The Kier molecular flexibility index (Phi) is 4.19. The number of benzene rings is 2. The van der Waals surface area contributed by atoms with Crippen LogP contribution in [-0.4, -0.2) is 18.0 Å². The molecule has 0 aliphatic rings. The van der Waals surface area contributed by atoms with E-state index in [0.717, 1.165) is 10.9 Å². The Labute approximate surface area is 132 Å². The Morgan fingerprint density at radius 2 is 1.91 bits per heavy atom. The van der Waals surface area contributed by atoms with Gasteiger partial charge in [-0.05, 0) is 36.4 Å². The summed E-state index contributed by atoms with van der Waals surface area (Å²) in [6.45, 7) is 0. The topological polar surface area (TPSA) is 51.2 Å². The molecule has 0 aliphatic carbocycles. The molecule has 5 heteroatoms. The Morgan fingerprint density at radius 3 is 2.65 bits per heavy atom. The Balaban J connectivity index is 1.78. The summed E-state index contributed by atoms with van der Waals surface area (Å²) in [6, 6.07) is 15.0. The van der Waals surface area contributed by atoms with Crippen LogP contribution in [0, 0.1) is 5.82 Å². The maximum atomic E-state index is 12.9. The number of nitrogens with one attached hydrogen (secondary N) is 1. The van der Waals surface area contributed by atoms with Crippen LogP contribution in [0.15, 0.2) is 54.6 Å². The third-order valence-electron chi connectivity index (χ3n) is 3.43. The summed E-state index contributed by atoms with van der Waals surface area (Å²) >= 11 is 0. The first-order valence-corrected chi connectivity index (χ1v) is 7.14. The molecule has 3 aromatic rings. The molecular formula is C18H15FN2O2. The fraction of sp³-hybridized carbons (Fsp3) is 0.111. The summed E-state index contributed by atoms with van der Waals surface area (Å²) in [7, 11) is 1.59. The molecule has 3 rings (SSSR count). The molecule has 1 amide bonds. The molecule has 0 radical (unpaired) electrons. The molecule has 0 atom stereocenters. The summed E-state index contributed by atoms with van der Waals surface area (Å²) in [4.78, 5) is 16.6. The lowest BCUT2D eigenvalue weighted by Gasteiger charge is -2.08. The van der Waals surface area contributed by atoms with Gasteiger partial charge in [0.1, 0.15) is 17.1 Å². The van der Waals surface area contributed by atoms with Gasteiger partial charge in [0, 0.05) is 11.1 Å². The quantitative estimate of drug-likeness (QED) is 0.801. The Hall–Kier alpha value is -2.95. The predicted molar refractivity (Wildman–Crippen MR) is 87.0 cm³/mol. The van der Waals surface area contributed by atoms with Crippen LogP contribution >= 0.6 is 0 Å². The van der Waals surface area contributed by atoms with Crippen molar-refractivity contribution >= 4 is 22.5 Å². The standard InChI is InChI=1S/C18H15FN2O2/c1-23-16-4-2-3-12-5-8-15(21-18(12)16)11-17(22)20-14-9-6-13(19)7-10-14/h2-10H,11H2,1H3,(H,20,22). The Morgan fingerprint density at radius 1 is 1.13 bits per heavy atom. The third-order valence-corrected chi connectivity index (χ3v) is 3.43. The number of amides is 1. The normalized spacial score (nSPS) is 10.5. The van der Waals surface area contributed by atoms with Crippen molar-refractivity contribution in [2.45, 2.75) is 6.42 Å². The third kappa shape index (κ3) is 3.45. The zero-order valence-corrected chi connectivity index (χ0v) is 12.5. The minimum absolute atomic E-state index is 0.130. The van der Waals surface area contributed by atoms with Crippen molar-refractivity contribution in [2.24, 2.45) is 0 Å². The molecule has 0 saturated carbocycles. The van der Waals surface area contributed by atoms with Gasteiger partial charge in [0.2, 0.25) is 5.91 Å². The van der Waals surface area contributed by atoms with Crippen LogP contribution < -0.4 is 10.1 Å². The average molecular weight is 310 g/mol. The van der Waals surface area contributed by atoms with Crippen molar-refractivity contribution in [3.63, 3.8) is 0 Å². The van der Waals surface area contributed by atoms with E-state index in [1.807, 2.05) is 30.3 Å². The number of hydrogen-bond acceptors (Lipinski definition) is 3. The molecule has 0 saturated heterocycles. The fourth-order valence-corrected chi connectivity index (χ4v) is 2.33. The van der Waals surface area contributed by atoms with Crippen molar-refractivity contribution in [3.05, 3.63) is 66.1 Å². The first-order valence-electron chi connectivity index (χ1n) is 7.14. The first kappa shape index (κ1) is 15.0. The molecule has 116 valence electrons. The highest BCUT2D eigenvalue weighted by atomic mass is 19.1. The summed E-state index contributed by atoms with van der Waals surface area (Å²) in [5, 5.41) is 3.67. The first-order chi connectivity index (χ1) is 11.2. The highest BCUT2D eigenvalue weighted by molar-refractivity contribution is 5.92. The van der Waals surface area contributed by atoms with Crippen molar-refractivity contribution in [1.29, 1.82) is 0 Å². The second-order valence-corrected chi connectivity index (χ2v) is 5.07. The zero-order valence-electron chi connectivity index (χ0n) is 12.5. The zero-order chi connectivity index (χ0) is 16.2. The molecule has 23 heavy (non-hydrogen) atoms. The van der Waals surface area contributed by atoms with E-state index < -0.39 is 0 Å². The van der Waals surface area contributed by atoms with Crippen molar-refractivity contribution in [3.8, 4) is 5.75 Å². The number of hydrogen-bond donors (Lipinski definition) is 1. The number of para-hydroxylation sites is 1. The van der Waals surface area contributed by atoms with Crippen molar-refractivity contribution in [1.82, 2.24) is 4.98 Å². The number of nitrogens with zero attached hydrogens (tertiary/aromatic N) is 1. The number of halogens is 1. The van der Waals surface area contributed by atoms with Gasteiger partial charge < -0.3 is 10.1 Å². The molecule has 0 aliphatic heterocycles. The van der Waals surface area contributed by atoms with Gasteiger partial charge in [-0.25, -0.2) is 9.37 Å². The van der Waals surface area contributed by atoms with Gasteiger partial charge >= 0.3 is 0 Å². The van der Waals surface area contributed by atoms with E-state index in [9.17, 15) is 9.18 Å². The van der Waals surface area contributed by atoms with Crippen LogP contribution in [0.5, 0.6) is 5.75 Å². The predicted octanol–water partition coefficient (Wildman–Crippen LogP) is 3.56. The van der Waals surface area contributed by atoms with E-state index in [4.69, 9.17) is 4.74 Å². The van der Waals surface area contributed by atoms with Crippen LogP contribution in [-0.2, 0) is 11.2 Å². The second kappa shape index (κ2) is 6.44. The highest BCUT2D eigenvalue weighted by Gasteiger charge is 2.08. The second-order valence-electron chi connectivity index (χ2n) is 5.07. The van der Waals surface area contributed by atoms with Gasteiger partial charge in [-0.2, -0.15) is 0 Å². The number of pyridine rings is 1. The molecule has 4 nitrogen and oxygen atoms in total. The van der Waals surface area contributed by atoms with E-state index in [1.54, 1.807) is 7.11 Å². The molecule has 0 spiro atoms. The summed E-state index contributed by atoms with van der Waals surface area (Å²) in [6.07, 6.45) is 0.130. The van der Waals surface area contributed by atoms with Crippen LogP contribution in [0.4, 0.5) is 10.1 Å². The lowest BCUT2D eigenvalue weighted by Crippen LogP contribution is -2.15. The number of methoxy groups -OCH3 is 1. The van der Waals surface area contributed by atoms with Gasteiger partial charge in [-0.3, -0.25) is 4.79 Å². The smallest absolute Gasteiger partial charge is 0.230 e. The Bertz CT molecular complexity index is 847. The van der Waals surface area contributed by atoms with Crippen molar-refractivity contribution in [2.75, 3.05) is 12.4 Å². The number of carbonyl (C=O) groups excluding carboxylic acids is 1. The molecule has 0 unspecified atom stereocenters. The highest BCUT2D eigenvalue weighted by Crippen LogP contribution is 2.23. The maximum absolute atomic E-state index is 12.9. The van der Waals surface area contributed by atoms with Crippen LogP contribution in [0.25, 0.3) is 10.9 Å². The van der Waals surface area contributed by atoms with Crippen LogP contribution in [0.3, 0.4) is 0 Å². The molecule has 1 N–H and O–H groups in total. The van der Waals surface area contributed by atoms with E-state index in [-0.39, 0.29) is 18.1 Å². The number of anilines is 1. The molecule has 1 heterocycles. The largest absolute Gasteiger partial charge is 0.494 e. The van der Waals surface area contributed by atoms with E-state index in [0.29, 0.717) is 17.1 Å². The number of rotatable bonds is 4. The van der Waals surface area contributed by atoms with E-state index >= 15 is 0 Å². The maximum Gasteiger partial charge on any atom is 0.230 e. The van der Waals surface area contributed by atoms with Gasteiger partial charge in [0.05, 0.1) is 19.2 Å². The minimum Gasteiger partial charge on any atom is -0.494 e. The van der Waals surface area contributed by atoms with Gasteiger partial charge in [-0.1, -0.05) is 18.2 Å². The number of fused-ring (bicyclic) bond motifs is 1. The van der Waals surface area contributed by atoms with Crippen LogP contribution in [0.2, 0.25) is 0 Å². The van der Waals surface area contributed by atoms with E-state index in [1.165, 1.54) is 24.3 Å². The summed E-state index contributed by atoms with van der Waals surface area (Å²) in [5.74, 6) is 0.118. The van der Waals surface area contributed by atoms with Gasteiger partial charge in [-0.15, -0.1) is 0 Å². The molecule has 0 fully saturated rings. The number of aromatic nitrogens is 1. The van der Waals surface area contributed by atoms with Crippen molar-refractivity contribution < 1.29 is 13.9 Å². The SMILES string of the molecule is COc1cccc2ccc(CC(=O)Nc3ccc(F)cc3)nc12. The lowest BCUT2D eigenvalue weighted by atomic mass is 10.1. The van der Waals surface area contributed by atoms with Gasteiger partial charge in [0.25, 0.3) is 0 Å². The average Bonchev–Trinajstić information content (AvgIpc) is 2.56. The molecule has 0 bridgehead atoms. The molecular weight excluding hydrogens is 295 g/mol. The van der Waals surface area contributed by atoms with E-state index in [2.05, 4.69) is 10.3 Å². The summed E-state index contributed by atoms with van der Waals surface area (Å²) < 4.78 is 18.2. The minimum atomic E-state index is -0.341. The monoisotopic (exact) mass is 310 g/mol. The number of carbonyl (C=O) groups is 1. The molecule has 2 aromatic carbocycles. The lowest BCUT2D eigenvalue weighted by molar-refractivity contribution is -0.115. The summed E-state index contributed by atoms with van der Waals surface area (Å²) in [5.41, 5.74) is 1.92. The molecule has 1 aromatic heterocycles. The number of ether oxygens (including phenoxy) is 1.